The molecule has 3 N–H and O–H groups in total. The molecule has 1 saturated carbocycles. The number of thioether (sulfide) groups is 1. The van der Waals surface area contributed by atoms with E-state index in [4.69, 9.17) is 4.74 Å². The van der Waals surface area contributed by atoms with Gasteiger partial charge in [0.25, 0.3) is 0 Å². The third-order valence-corrected chi connectivity index (χ3v) is 6.57. The zero-order valence-electron chi connectivity index (χ0n) is 21.9. The summed E-state index contributed by atoms with van der Waals surface area (Å²) < 4.78 is 5.39. The van der Waals surface area contributed by atoms with Crippen molar-refractivity contribution in [1.82, 2.24) is 15.5 Å². The van der Waals surface area contributed by atoms with Crippen molar-refractivity contribution in [3.05, 3.63) is 42.5 Å². The van der Waals surface area contributed by atoms with Crippen molar-refractivity contribution in [3.63, 3.8) is 0 Å². The summed E-state index contributed by atoms with van der Waals surface area (Å²) in [6.07, 6.45) is 8.25. The fraction of sp³-hybridized carbons (Fsp3) is 0.593. The van der Waals surface area contributed by atoms with Crippen molar-refractivity contribution < 1.29 is 24.2 Å². The number of nitrogens with zero attached hydrogens (tertiary/aromatic N) is 1. The molecule has 1 aromatic rings. The van der Waals surface area contributed by atoms with Gasteiger partial charge in [-0.2, -0.15) is 11.8 Å². The van der Waals surface area contributed by atoms with Crippen molar-refractivity contribution >= 4 is 29.7 Å². The molecule has 0 saturated heterocycles. The molecule has 2 atom stereocenters. The topological polar surface area (TPSA) is 108 Å². The summed E-state index contributed by atoms with van der Waals surface area (Å²) in [6, 6.07) is 4.50. The molecule has 9 heteroatoms. The Bertz CT molecular complexity index is 878. The Morgan fingerprint density at radius 3 is 2.39 bits per heavy atom. The number of rotatable bonds is 11. The van der Waals surface area contributed by atoms with Crippen LogP contribution in [0.4, 0.5) is 4.79 Å². The third-order valence-electron chi connectivity index (χ3n) is 5.93. The normalized spacial score (nSPS) is 15.9. The summed E-state index contributed by atoms with van der Waals surface area (Å²) >= 11 is 1.56. The molecule has 1 aliphatic carbocycles. The van der Waals surface area contributed by atoms with Crippen LogP contribution in [0.15, 0.2) is 36.9 Å². The Hall–Kier alpha value is -2.68. The van der Waals surface area contributed by atoms with Gasteiger partial charge in [-0.15, -0.1) is 6.58 Å². The van der Waals surface area contributed by atoms with E-state index in [1.54, 1.807) is 50.7 Å². The molecule has 1 fully saturated rings. The fourth-order valence-corrected chi connectivity index (χ4v) is 4.73. The first-order valence-corrected chi connectivity index (χ1v) is 13.9. The number of nitrogens with one attached hydrogen (secondary N) is 2. The highest BCUT2D eigenvalue weighted by Gasteiger charge is 2.36. The SMILES string of the molecule is C=CCN(C(=O)C(CCSC)NC(=O)OC(C)(C)C)C(C(=O)NC1CCCCC1)c1ccc(O)cc1. The van der Waals surface area contributed by atoms with Crippen LogP contribution in [0.25, 0.3) is 0 Å². The first-order chi connectivity index (χ1) is 17.1. The number of carbonyl (C=O) groups is 3. The Balaban J connectivity index is 2.39. The van der Waals surface area contributed by atoms with Crippen LogP contribution in [0.3, 0.4) is 0 Å². The van der Waals surface area contributed by atoms with Crippen LogP contribution in [0, 0.1) is 0 Å². The molecule has 1 aliphatic rings. The Labute approximate surface area is 219 Å². The molecule has 200 valence electrons. The lowest BCUT2D eigenvalue weighted by molar-refractivity contribution is -0.142. The monoisotopic (exact) mass is 519 g/mol. The smallest absolute Gasteiger partial charge is 0.408 e. The first-order valence-electron chi connectivity index (χ1n) is 12.5. The van der Waals surface area contributed by atoms with Crippen molar-refractivity contribution in [1.29, 1.82) is 0 Å². The minimum Gasteiger partial charge on any atom is -0.508 e. The number of hydrogen-bond donors (Lipinski definition) is 3. The lowest BCUT2D eigenvalue weighted by atomic mass is 9.94. The van der Waals surface area contributed by atoms with Gasteiger partial charge in [-0.05, 0) is 69.7 Å². The number of benzene rings is 1. The summed E-state index contributed by atoms with van der Waals surface area (Å²) in [5.74, 6) is 0.0123. The zero-order valence-corrected chi connectivity index (χ0v) is 22.7. The third kappa shape index (κ3) is 9.41. The number of hydrogen-bond acceptors (Lipinski definition) is 6. The fourth-order valence-electron chi connectivity index (χ4n) is 4.26. The zero-order chi connectivity index (χ0) is 26.7. The Morgan fingerprint density at radius 1 is 1.19 bits per heavy atom. The minimum atomic E-state index is -0.949. The van der Waals surface area contributed by atoms with Crippen LogP contribution in [0.1, 0.15) is 70.9 Å². The van der Waals surface area contributed by atoms with Crippen LogP contribution in [0.2, 0.25) is 0 Å². The molecule has 2 rings (SSSR count). The highest BCUT2D eigenvalue weighted by atomic mass is 32.2. The maximum atomic E-state index is 13.9. The van der Waals surface area contributed by atoms with Crippen LogP contribution >= 0.6 is 11.8 Å². The van der Waals surface area contributed by atoms with Crippen molar-refractivity contribution in [2.45, 2.75) is 83.0 Å². The minimum absolute atomic E-state index is 0.0544. The molecule has 0 aliphatic heterocycles. The molecule has 8 nitrogen and oxygen atoms in total. The molecule has 0 heterocycles. The van der Waals surface area contributed by atoms with E-state index in [1.165, 1.54) is 17.0 Å². The molecule has 0 spiro atoms. The molecule has 36 heavy (non-hydrogen) atoms. The van der Waals surface area contributed by atoms with Gasteiger partial charge in [0.05, 0.1) is 0 Å². The Morgan fingerprint density at radius 2 is 1.83 bits per heavy atom. The predicted molar refractivity (Wildman–Crippen MR) is 144 cm³/mol. The number of alkyl carbamates (subject to hydrolysis) is 1. The average Bonchev–Trinajstić information content (AvgIpc) is 2.81. The molecule has 3 amide bonds. The van der Waals surface area contributed by atoms with Crippen LogP contribution in [-0.2, 0) is 14.3 Å². The van der Waals surface area contributed by atoms with Gasteiger partial charge in [0.1, 0.15) is 23.4 Å². The van der Waals surface area contributed by atoms with Gasteiger partial charge in [0.2, 0.25) is 11.8 Å². The van der Waals surface area contributed by atoms with Crippen molar-refractivity contribution in [2.24, 2.45) is 0 Å². The van der Waals surface area contributed by atoms with Crippen LogP contribution in [-0.4, -0.2) is 64.2 Å². The average molecular weight is 520 g/mol. The molecule has 0 radical (unpaired) electrons. The van der Waals surface area contributed by atoms with E-state index < -0.39 is 29.7 Å². The molecule has 0 bridgehead atoms. The van der Waals surface area contributed by atoms with Crippen LogP contribution < -0.4 is 10.6 Å². The van der Waals surface area contributed by atoms with Gasteiger partial charge in [0.15, 0.2) is 0 Å². The lowest BCUT2D eigenvalue weighted by Crippen LogP contribution is -2.54. The van der Waals surface area contributed by atoms with Crippen molar-refractivity contribution in [2.75, 3.05) is 18.6 Å². The number of phenols is 1. The maximum Gasteiger partial charge on any atom is 0.408 e. The summed E-state index contributed by atoms with van der Waals surface area (Å²) in [4.78, 5) is 41.5. The van der Waals surface area contributed by atoms with E-state index in [1.807, 2.05) is 6.26 Å². The lowest BCUT2D eigenvalue weighted by Gasteiger charge is -2.35. The predicted octanol–water partition coefficient (Wildman–Crippen LogP) is 4.54. The van der Waals surface area contributed by atoms with E-state index >= 15 is 0 Å². The molecular weight excluding hydrogens is 478 g/mol. The van der Waals surface area contributed by atoms with Crippen LogP contribution in [0.5, 0.6) is 5.75 Å². The van der Waals surface area contributed by atoms with Crippen molar-refractivity contribution in [3.8, 4) is 5.75 Å². The van der Waals surface area contributed by atoms with E-state index in [9.17, 15) is 19.5 Å². The van der Waals surface area contributed by atoms with E-state index in [0.29, 0.717) is 17.7 Å². The van der Waals surface area contributed by atoms with Gasteiger partial charge in [0, 0.05) is 12.6 Å². The molecule has 1 aromatic carbocycles. The number of amides is 3. The second kappa shape index (κ2) is 14.2. The van der Waals surface area contributed by atoms with Gasteiger partial charge >= 0.3 is 6.09 Å². The molecule has 0 aromatic heterocycles. The van der Waals surface area contributed by atoms with Gasteiger partial charge in [-0.3, -0.25) is 9.59 Å². The molecular formula is C27H41N3O5S. The quantitative estimate of drug-likeness (QED) is 0.371. The Kier molecular flexibility index (Phi) is 11.6. The second-order valence-electron chi connectivity index (χ2n) is 10.1. The summed E-state index contributed by atoms with van der Waals surface area (Å²) in [6.45, 7) is 9.17. The standard InChI is InChI=1S/C27H41N3O5S/c1-6-17-30(25(33)22(16-18-36-5)29-26(34)35-27(2,3)4)23(19-12-14-21(31)15-13-19)24(32)28-20-10-8-7-9-11-20/h6,12-15,20,22-23,31H,1,7-11,16-18H2,2-5H3,(H,28,32)(H,29,34). The first kappa shape index (κ1) is 29.5. The summed E-state index contributed by atoms with van der Waals surface area (Å²) in [5.41, 5.74) is -0.149. The number of carbonyl (C=O) groups excluding carboxylic acids is 3. The highest BCUT2D eigenvalue weighted by molar-refractivity contribution is 7.98. The van der Waals surface area contributed by atoms with E-state index in [-0.39, 0.29) is 24.2 Å². The number of ether oxygens (including phenoxy) is 1. The maximum absolute atomic E-state index is 13.9. The van der Waals surface area contributed by atoms with E-state index in [2.05, 4.69) is 17.2 Å². The van der Waals surface area contributed by atoms with Gasteiger partial charge in [-0.1, -0.05) is 37.5 Å². The largest absolute Gasteiger partial charge is 0.508 e. The molecule has 2 unspecified atom stereocenters. The second-order valence-corrected chi connectivity index (χ2v) is 11.1. The highest BCUT2D eigenvalue weighted by Crippen LogP contribution is 2.26. The number of aromatic hydroxyl groups is 1. The van der Waals surface area contributed by atoms with E-state index in [0.717, 1.165) is 32.1 Å². The van der Waals surface area contributed by atoms with Gasteiger partial charge in [-0.25, -0.2) is 4.79 Å². The van der Waals surface area contributed by atoms with Gasteiger partial charge < -0.3 is 25.4 Å². The summed E-state index contributed by atoms with van der Waals surface area (Å²) in [7, 11) is 0. The number of phenolic OH excluding ortho intramolecular Hbond substituents is 1. The summed E-state index contributed by atoms with van der Waals surface area (Å²) in [5, 5.41) is 15.7.